The van der Waals surface area contributed by atoms with Gasteiger partial charge in [0, 0.05) is 0 Å². The Labute approximate surface area is 217 Å². The molecule has 0 saturated carbocycles. The van der Waals surface area contributed by atoms with Crippen LogP contribution in [0.3, 0.4) is 0 Å². The number of benzene rings is 2. The second-order valence-corrected chi connectivity index (χ2v) is 8.48. The number of hydrogen-bond donors (Lipinski definition) is 1. The Bertz CT molecular complexity index is 835. The number of rotatable bonds is 12. The van der Waals surface area contributed by atoms with Gasteiger partial charge >= 0.3 is 51.4 Å². The molecule has 0 saturated heterocycles. The molecule has 1 N–H and O–H groups in total. The summed E-state index contributed by atoms with van der Waals surface area (Å²) in [6, 6.07) is 10.8. The van der Waals surface area contributed by atoms with Crippen LogP contribution in [0.25, 0.3) is 0 Å². The Hall–Kier alpha value is -0.414. The van der Waals surface area contributed by atoms with Gasteiger partial charge in [-0.25, -0.2) is 0 Å². The molecule has 0 bridgehead atoms. The molecule has 2 aromatic carbocycles. The number of unbranched alkanes of at least 4 members (excludes halogenated alkanes) is 7. The molecule has 2 aromatic rings. The van der Waals surface area contributed by atoms with Gasteiger partial charge in [0.2, 0.25) is 0 Å². The molecule has 0 aliphatic rings. The summed E-state index contributed by atoms with van der Waals surface area (Å²) >= 11 is 0. The molecule has 0 amide bonds. The van der Waals surface area contributed by atoms with E-state index in [0.717, 1.165) is 25.0 Å². The minimum absolute atomic E-state index is 0. The topological polar surface area (TPSA) is 86.7 Å². The zero-order valence-electron chi connectivity index (χ0n) is 17.4. The van der Waals surface area contributed by atoms with Crippen molar-refractivity contribution in [3.8, 4) is 17.2 Å². The second kappa shape index (κ2) is 13.8. The third-order valence-corrected chi connectivity index (χ3v) is 5.53. The van der Waals surface area contributed by atoms with Crippen LogP contribution < -0.4 is 61.2 Å². The van der Waals surface area contributed by atoms with E-state index in [1.807, 2.05) is 12.1 Å². The SMILES string of the molecule is CCCCCCCCCCc1ccc(Oc2ccc(S(=O)(=O)O)cc2[O-])cc1.[K+]. The van der Waals surface area contributed by atoms with Crippen molar-refractivity contribution in [2.24, 2.45) is 0 Å². The van der Waals surface area contributed by atoms with E-state index in [4.69, 9.17) is 9.29 Å². The average molecular weight is 445 g/mol. The first-order chi connectivity index (χ1) is 13.4. The van der Waals surface area contributed by atoms with Gasteiger partial charge in [0.1, 0.15) is 11.5 Å². The summed E-state index contributed by atoms with van der Waals surface area (Å²) in [5.41, 5.74) is 1.22. The van der Waals surface area contributed by atoms with Crippen LogP contribution in [0.5, 0.6) is 17.2 Å². The van der Waals surface area contributed by atoms with Crippen LogP contribution >= 0.6 is 0 Å². The minimum atomic E-state index is -4.40. The van der Waals surface area contributed by atoms with Gasteiger partial charge in [0.25, 0.3) is 10.1 Å². The van der Waals surface area contributed by atoms with E-state index in [0.29, 0.717) is 5.75 Å². The number of aryl methyl sites for hydroxylation is 1. The van der Waals surface area contributed by atoms with Crippen LogP contribution in [-0.4, -0.2) is 13.0 Å². The molecule has 0 heterocycles. The molecule has 7 heteroatoms. The molecule has 0 aliphatic carbocycles. The summed E-state index contributed by atoms with van der Waals surface area (Å²) in [6.45, 7) is 2.23. The predicted molar refractivity (Wildman–Crippen MR) is 109 cm³/mol. The zero-order chi connectivity index (χ0) is 20.4. The molecule has 0 atom stereocenters. The van der Waals surface area contributed by atoms with E-state index in [1.165, 1.54) is 56.6 Å². The summed E-state index contributed by atoms with van der Waals surface area (Å²) in [5, 5.41) is 11.9. The van der Waals surface area contributed by atoms with Crippen LogP contribution in [0.2, 0.25) is 0 Å². The van der Waals surface area contributed by atoms with E-state index in [9.17, 15) is 13.5 Å². The van der Waals surface area contributed by atoms with Crippen molar-refractivity contribution < 1.29 is 74.2 Å². The van der Waals surface area contributed by atoms with Gasteiger partial charge in [-0.05, 0) is 48.7 Å². The van der Waals surface area contributed by atoms with Gasteiger partial charge in [-0.2, -0.15) is 8.42 Å². The largest absolute Gasteiger partial charge is 1.00 e. The van der Waals surface area contributed by atoms with Crippen LogP contribution in [0.4, 0.5) is 0 Å². The van der Waals surface area contributed by atoms with Gasteiger partial charge in [-0.15, -0.1) is 0 Å². The molecular weight excluding hydrogens is 415 g/mol. The first-order valence-corrected chi connectivity index (χ1v) is 11.4. The fraction of sp³-hybridized carbons (Fsp3) is 0.455. The standard InChI is InChI=1S/C22H30O5S.K/c1-2-3-4-5-6-7-8-9-10-18-11-13-19(14-12-18)27-22-16-15-20(17-21(22)23)28(24,25)26;/h11-17,23H,2-10H2,1H3,(H,24,25,26);/q;+1/p-1. The van der Waals surface area contributed by atoms with Gasteiger partial charge < -0.3 is 9.84 Å². The molecule has 29 heavy (non-hydrogen) atoms. The van der Waals surface area contributed by atoms with Crippen molar-refractivity contribution in [1.82, 2.24) is 0 Å². The number of ether oxygens (including phenoxy) is 1. The van der Waals surface area contributed by atoms with E-state index in [-0.39, 0.29) is 57.1 Å². The Morgan fingerprint density at radius 3 is 2.03 bits per heavy atom. The maximum Gasteiger partial charge on any atom is 1.00 e. The first kappa shape index (κ1) is 26.6. The molecule has 0 unspecified atom stereocenters. The summed E-state index contributed by atoms with van der Waals surface area (Å²) in [4.78, 5) is -0.439. The molecular formula is C22H29KO5S. The molecule has 0 spiro atoms. The van der Waals surface area contributed by atoms with Gasteiger partial charge in [-0.1, -0.05) is 69.8 Å². The normalized spacial score (nSPS) is 11.1. The smallest absolute Gasteiger partial charge is 0.870 e. The Kier molecular flexibility index (Phi) is 12.7. The molecule has 0 radical (unpaired) electrons. The molecule has 154 valence electrons. The molecule has 0 aromatic heterocycles. The third kappa shape index (κ3) is 9.96. The minimum Gasteiger partial charge on any atom is -0.870 e. The zero-order valence-corrected chi connectivity index (χ0v) is 21.3. The fourth-order valence-corrected chi connectivity index (χ4v) is 3.54. The first-order valence-electron chi connectivity index (χ1n) is 9.95. The third-order valence-electron chi connectivity index (χ3n) is 4.68. The quantitative estimate of drug-likeness (QED) is 0.309. The van der Waals surface area contributed by atoms with Crippen molar-refractivity contribution in [3.05, 3.63) is 48.0 Å². The Balaban J connectivity index is 0.00000420. The van der Waals surface area contributed by atoms with Crippen molar-refractivity contribution in [1.29, 1.82) is 0 Å². The Morgan fingerprint density at radius 1 is 0.897 bits per heavy atom. The van der Waals surface area contributed by atoms with Crippen LogP contribution in [0.1, 0.15) is 63.9 Å². The van der Waals surface area contributed by atoms with Gasteiger partial charge in [0.05, 0.1) is 4.90 Å². The van der Waals surface area contributed by atoms with E-state index in [2.05, 4.69) is 6.92 Å². The summed E-state index contributed by atoms with van der Waals surface area (Å²) < 4.78 is 36.6. The van der Waals surface area contributed by atoms with Crippen molar-refractivity contribution in [3.63, 3.8) is 0 Å². The van der Waals surface area contributed by atoms with E-state index < -0.39 is 20.8 Å². The van der Waals surface area contributed by atoms with Gasteiger partial charge in [0.15, 0.2) is 0 Å². The predicted octanol–water partition coefficient (Wildman–Crippen LogP) is 2.49. The van der Waals surface area contributed by atoms with Crippen molar-refractivity contribution >= 4 is 10.1 Å². The Morgan fingerprint density at radius 2 is 1.48 bits per heavy atom. The summed E-state index contributed by atoms with van der Waals surface area (Å²) in [5.74, 6) is -0.0715. The number of hydrogen-bond acceptors (Lipinski definition) is 4. The van der Waals surface area contributed by atoms with Gasteiger partial charge in [-0.3, -0.25) is 4.55 Å². The van der Waals surface area contributed by atoms with Crippen LogP contribution in [0, 0.1) is 0 Å². The molecule has 2 rings (SSSR count). The summed E-state index contributed by atoms with van der Waals surface area (Å²) in [6.07, 6.45) is 11.3. The molecule has 0 fully saturated rings. The van der Waals surface area contributed by atoms with E-state index in [1.54, 1.807) is 12.1 Å². The fourth-order valence-electron chi connectivity index (χ4n) is 3.05. The van der Waals surface area contributed by atoms with E-state index >= 15 is 0 Å². The van der Waals surface area contributed by atoms with Crippen molar-refractivity contribution in [2.75, 3.05) is 0 Å². The monoisotopic (exact) mass is 444 g/mol. The van der Waals surface area contributed by atoms with Crippen LogP contribution in [-0.2, 0) is 16.5 Å². The van der Waals surface area contributed by atoms with Crippen molar-refractivity contribution in [2.45, 2.75) is 69.6 Å². The molecule has 0 aliphatic heterocycles. The maximum absolute atomic E-state index is 11.9. The second-order valence-electron chi connectivity index (χ2n) is 7.05. The average Bonchev–Trinajstić information content (AvgIpc) is 2.66. The molecule has 5 nitrogen and oxygen atoms in total. The maximum atomic E-state index is 11.9. The van der Waals surface area contributed by atoms with Crippen LogP contribution in [0.15, 0.2) is 47.4 Å². The summed E-state index contributed by atoms with van der Waals surface area (Å²) in [7, 11) is -4.40.